The Bertz CT molecular complexity index is 102. The van der Waals surface area contributed by atoms with Gasteiger partial charge in [-0.3, -0.25) is 0 Å². The van der Waals surface area contributed by atoms with Crippen molar-refractivity contribution in [3.8, 4) is 0 Å². The molecule has 0 aliphatic carbocycles. The molecule has 0 aliphatic rings. The third-order valence-corrected chi connectivity index (χ3v) is 2.70. The van der Waals surface area contributed by atoms with Crippen LogP contribution in [-0.4, -0.2) is 24.8 Å². The van der Waals surface area contributed by atoms with Gasteiger partial charge >= 0.3 is 0 Å². The van der Waals surface area contributed by atoms with Gasteiger partial charge in [-0.2, -0.15) is 0 Å². The fourth-order valence-electron chi connectivity index (χ4n) is 1.43. The molecule has 0 fully saturated rings. The van der Waals surface area contributed by atoms with Crippen molar-refractivity contribution >= 4 is 0 Å². The minimum Gasteiger partial charge on any atom is -0.396 e. The van der Waals surface area contributed by atoms with Crippen LogP contribution in [0.4, 0.5) is 0 Å². The van der Waals surface area contributed by atoms with E-state index in [2.05, 4.69) is 26.1 Å². The lowest BCUT2D eigenvalue weighted by molar-refractivity contribution is 0.258. The average molecular weight is 187 g/mol. The Hall–Kier alpha value is -0.0800. The molecule has 0 radical (unpaired) electrons. The molecule has 2 heteroatoms. The van der Waals surface area contributed by atoms with Gasteiger partial charge in [-0.05, 0) is 31.3 Å². The van der Waals surface area contributed by atoms with E-state index in [-0.39, 0.29) is 0 Å². The van der Waals surface area contributed by atoms with Crippen molar-refractivity contribution in [3.05, 3.63) is 0 Å². The summed E-state index contributed by atoms with van der Waals surface area (Å²) in [6.45, 7) is 9.14. The highest BCUT2D eigenvalue weighted by Crippen LogP contribution is 2.05. The molecule has 80 valence electrons. The standard InChI is InChI=1S/C11H25NO/c1-4-11(5-2)9-12-8-10(3)6-7-13/h10-13H,4-9H2,1-3H3. The third-order valence-electron chi connectivity index (χ3n) is 2.70. The molecule has 2 nitrogen and oxygen atoms in total. The Morgan fingerprint density at radius 3 is 2.23 bits per heavy atom. The van der Waals surface area contributed by atoms with E-state index < -0.39 is 0 Å². The number of aliphatic hydroxyl groups excluding tert-OH is 1. The van der Waals surface area contributed by atoms with Crippen molar-refractivity contribution in [1.29, 1.82) is 0 Å². The van der Waals surface area contributed by atoms with Crippen LogP contribution >= 0.6 is 0 Å². The van der Waals surface area contributed by atoms with Crippen molar-refractivity contribution in [1.82, 2.24) is 5.32 Å². The molecule has 1 atom stereocenters. The summed E-state index contributed by atoms with van der Waals surface area (Å²) in [6, 6.07) is 0. The summed E-state index contributed by atoms with van der Waals surface area (Å²) in [7, 11) is 0. The number of nitrogens with one attached hydrogen (secondary N) is 1. The molecule has 0 aromatic carbocycles. The van der Waals surface area contributed by atoms with Crippen molar-refractivity contribution in [2.75, 3.05) is 19.7 Å². The van der Waals surface area contributed by atoms with E-state index in [0.29, 0.717) is 12.5 Å². The summed E-state index contributed by atoms with van der Waals surface area (Å²) in [4.78, 5) is 0. The topological polar surface area (TPSA) is 32.3 Å². The molecule has 0 rings (SSSR count). The molecular weight excluding hydrogens is 162 g/mol. The predicted octanol–water partition coefficient (Wildman–Crippen LogP) is 2.03. The Labute approximate surface area is 82.7 Å². The molecule has 0 spiro atoms. The quantitative estimate of drug-likeness (QED) is 0.609. The number of hydrogen-bond acceptors (Lipinski definition) is 2. The molecule has 0 bridgehead atoms. The van der Waals surface area contributed by atoms with Crippen LogP contribution in [0, 0.1) is 11.8 Å². The largest absolute Gasteiger partial charge is 0.396 e. The highest BCUT2D eigenvalue weighted by atomic mass is 16.3. The second kappa shape index (κ2) is 8.52. The van der Waals surface area contributed by atoms with Crippen LogP contribution in [0.5, 0.6) is 0 Å². The molecule has 2 N–H and O–H groups in total. The smallest absolute Gasteiger partial charge is 0.0434 e. The molecule has 0 heterocycles. The fraction of sp³-hybridized carbons (Fsp3) is 1.00. The van der Waals surface area contributed by atoms with Gasteiger partial charge in [-0.25, -0.2) is 0 Å². The summed E-state index contributed by atoms with van der Waals surface area (Å²) in [5, 5.41) is 12.2. The molecule has 0 saturated heterocycles. The predicted molar refractivity (Wildman–Crippen MR) is 57.8 cm³/mol. The van der Waals surface area contributed by atoms with E-state index in [1.54, 1.807) is 0 Å². The van der Waals surface area contributed by atoms with Gasteiger partial charge in [0.1, 0.15) is 0 Å². The molecule has 0 aromatic heterocycles. The number of rotatable bonds is 8. The molecule has 1 unspecified atom stereocenters. The van der Waals surface area contributed by atoms with Crippen LogP contribution < -0.4 is 5.32 Å². The average Bonchev–Trinajstić information content (AvgIpc) is 2.13. The van der Waals surface area contributed by atoms with Gasteiger partial charge in [0.05, 0.1) is 0 Å². The van der Waals surface area contributed by atoms with Crippen LogP contribution in [0.25, 0.3) is 0 Å². The van der Waals surface area contributed by atoms with Crippen molar-refractivity contribution in [3.63, 3.8) is 0 Å². The van der Waals surface area contributed by atoms with E-state index in [1.807, 2.05) is 0 Å². The minimum atomic E-state index is 0.313. The summed E-state index contributed by atoms with van der Waals surface area (Å²) in [5.74, 6) is 1.42. The zero-order valence-corrected chi connectivity index (χ0v) is 9.34. The van der Waals surface area contributed by atoms with Crippen LogP contribution in [-0.2, 0) is 0 Å². The first-order chi connectivity index (χ1) is 6.24. The Morgan fingerprint density at radius 1 is 1.15 bits per heavy atom. The number of aliphatic hydroxyl groups is 1. The molecule has 13 heavy (non-hydrogen) atoms. The van der Waals surface area contributed by atoms with Crippen LogP contribution in [0.1, 0.15) is 40.0 Å². The first-order valence-electron chi connectivity index (χ1n) is 5.56. The van der Waals surface area contributed by atoms with Crippen molar-refractivity contribution < 1.29 is 5.11 Å². The van der Waals surface area contributed by atoms with E-state index in [0.717, 1.165) is 25.4 Å². The highest BCUT2D eigenvalue weighted by molar-refractivity contribution is 4.61. The van der Waals surface area contributed by atoms with E-state index in [4.69, 9.17) is 5.11 Å². The highest BCUT2D eigenvalue weighted by Gasteiger charge is 2.04. The van der Waals surface area contributed by atoms with Crippen molar-refractivity contribution in [2.45, 2.75) is 40.0 Å². The second-order valence-corrected chi connectivity index (χ2v) is 3.96. The Morgan fingerprint density at radius 2 is 1.77 bits per heavy atom. The van der Waals surface area contributed by atoms with Gasteiger partial charge in [0.15, 0.2) is 0 Å². The maximum absolute atomic E-state index is 8.71. The van der Waals surface area contributed by atoms with E-state index in [1.165, 1.54) is 12.8 Å². The normalized spacial score (nSPS) is 13.6. The number of hydrogen-bond donors (Lipinski definition) is 2. The zero-order chi connectivity index (χ0) is 10.1. The second-order valence-electron chi connectivity index (χ2n) is 3.96. The van der Waals surface area contributed by atoms with Gasteiger partial charge < -0.3 is 10.4 Å². The summed E-state index contributed by atoms with van der Waals surface area (Å²) in [5.41, 5.74) is 0. The van der Waals surface area contributed by atoms with Crippen LogP contribution in [0.2, 0.25) is 0 Å². The van der Waals surface area contributed by atoms with Crippen LogP contribution in [0.15, 0.2) is 0 Å². The van der Waals surface area contributed by atoms with Gasteiger partial charge in [-0.1, -0.05) is 33.6 Å². The van der Waals surface area contributed by atoms with Crippen molar-refractivity contribution in [2.24, 2.45) is 11.8 Å². The monoisotopic (exact) mass is 187 g/mol. The first kappa shape index (κ1) is 12.9. The third kappa shape index (κ3) is 7.03. The summed E-state index contributed by atoms with van der Waals surface area (Å²) in [6.07, 6.45) is 3.44. The lowest BCUT2D eigenvalue weighted by Crippen LogP contribution is -2.27. The summed E-state index contributed by atoms with van der Waals surface area (Å²) < 4.78 is 0. The summed E-state index contributed by atoms with van der Waals surface area (Å²) >= 11 is 0. The Kier molecular flexibility index (Phi) is 8.46. The van der Waals surface area contributed by atoms with E-state index >= 15 is 0 Å². The van der Waals surface area contributed by atoms with Crippen LogP contribution in [0.3, 0.4) is 0 Å². The van der Waals surface area contributed by atoms with Gasteiger partial charge in [0.2, 0.25) is 0 Å². The van der Waals surface area contributed by atoms with Gasteiger partial charge in [-0.15, -0.1) is 0 Å². The maximum atomic E-state index is 8.71. The molecule has 0 saturated carbocycles. The fourth-order valence-corrected chi connectivity index (χ4v) is 1.43. The molecular formula is C11H25NO. The van der Waals surface area contributed by atoms with Gasteiger partial charge in [0.25, 0.3) is 0 Å². The maximum Gasteiger partial charge on any atom is 0.0434 e. The SMILES string of the molecule is CCC(CC)CNCC(C)CCO. The van der Waals surface area contributed by atoms with Gasteiger partial charge in [0, 0.05) is 6.61 Å². The lowest BCUT2D eigenvalue weighted by atomic mass is 10.0. The zero-order valence-electron chi connectivity index (χ0n) is 9.34. The molecule has 0 amide bonds. The van der Waals surface area contributed by atoms with E-state index in [9.17, 15) is 0 Å². The minimum absolute atomic E-state index is 0.313. The lowest BCUT2D eigenvalue weighted by Gasteiger charge is -2.15. The molecule has 0 aromatic rings. The molecule has 0 aliphatic heterocycles. The Balaban J connectivity index is 3.32. The first-order valence-corrected chi connectivity index (χ1v) is 5.56.